The standard InChI is InChI=1S/C13H8ClF3N2O2/c14-8-2-1-7(13(3-8)19(20)21)6-18-12-5-10(16)9(15)4-11(12)17/h1-5,18H,6H2. The first-order chi connectivity index (χ1) is 9.88. The Balaban J connectivity index is 2.25. The first-order valence-corrected chi connectivity index (χ1v) is 6.07. The Bertz CT molecular complexity index is 710. The lowest BCUT2D eigenvalue weighted by molar-refractivity contribution is -0.385. The summed E-state index contributed by atoms with van der Waals surface area (Å²) in [6.45, 7) is -0.143. The van der Waals surface area contributed by atoms with Crippen LogP contribution in [0.2, 0.25) is 5.02 Å². The van der Waals surface area contributed by atoms with Crippen LogP contribution in [0, 0.1) is 27.6 Å². The molecule has 0 spiro atoms. The third-order valence-corrected chi connectivity index (χ3v) is 2.96. The maximum Gasteiger partial charge on any atom is 0.275 e. The van der Waals surface area contributed by atoms with Gasteiger partial charge in [-0.3, -0.25) is 10.1 Å². The number of halogens is 4. The first-order valence-electron chi connectivity index (χ1n) is 5.69. The Kier molecular flexibility index (Phi) is 4.32. The van der Waals surface area contributed by atoms with E-state index in [9.17, 15) is 23.3 Å². The van der Waals surface area contributed by atoms with Crippen molar-refractivity contribution in [2.24, 2.45) is 0 Å². The van der Waals surface area contributed by atoms with Crippen molar-refractivity contribution in [2.75, 3.05) is 5.32 Å². The summed E-state index contributed by atoms with van der Waals surface area (Å²) < 4.78 is 39.3. The lowest BCUT2D eigenvalue weighted by Crippen LogP contribution is -2.05. The summed E-state index contributed by atoms with van der Waals surface area (Å²) in [7, 11) is 0. The lowest BCUT2D eigenvalue weighted by atomic mass is 10.1. The fourth-order valence-corrected chi connectivity index (χ4v) is 1.87. The number of hydrogen-bond donors (Lipinski definition) is 1. The quantitative estimate of drug-likeness (QED) is 0.520. The zero-order valence-corrected chi connectivity index (χ0v) is 11.1. The highest BCUT2D eigenvalue weighted by Crippen LogP contribution is 2.25. The average Bonchev–Trinajstić information content (AvgIpc) is 2.42. The Morgan fingerprint density at radius 1 is 1.10 bits per heavy atom. The summed E-state index contributed by atoms with van der Waals surface area (Å²) in [5.74, 6) is -3.52. The van der Waals surface area contributed by atoms with Crippen LogP contribution in [-0.2, 0) is 6.54 Å². The van der Waals surface area contributed by atoms with Gasteiger partial charge in [0.25, 0.3) is 5.69 Å². The Morgan fingerprint density at radius 3 is 2.43 bits per heavy atom. The Morgan fingerprint density at radius 2 is 1.76 bits per heavy atom. The fraction of sp³-hybridized carbons (Fsp3) is 0.0769. The molecule has 2 aromatic carbocycles. The largest absolute Gasteiger partial charge is 0.378 e. The molecule has 2 rings (SSSR count). The van der Waals surface area contributed by atoms with Gasteiger partial charge in [0.2, 0.25) is 0 Å². The van der Waals surface area contributed by atoms with Gasteiger partial charge in [0.15, 0.2) is 11.6 Å². The predicted octanol–water partition coefficient (Wildman–Crippen LogP) is 4.28. The van der Waals surface area contributed by atoms with E-state index in [2.05, 4.69) is 5.32 Å². The molecule has 0 heterocycles. The van der Waals surface area contributed by atoms with Gasteiger partial charge in [0.05, 0.1) is 10.6 Å². The van der Waals surface area contributed by atoms with E-state index in [1.807, 2.05) is 0 Å². The van der Waals surface area contributed by atoms with Gasteiger partial charge < -0.3 is 5.32 Å². The molecule has 4 nitrogen and oxygen atoms in total. The fourth-order valence-electron chi connectivity index (χ4n) is 1.70. The molecule has 8 heteroatoms. The van der Waals surface area contributed by atoms with E-state index in [4.69, 9.17) is 11.6 Å². The molecule has 0 radical (unpaired) electrons. The van der Waals surface area contributed by atoms with Gasteiger partial charge in [-0.2, -0.15) is 0 Å². The number of nitro benzene ring substituents is 1. The van der Waals surface area contributed by atoms with Gasteiger partial charge in [0.1, 0.15) is 5.82 Å². The van der Waals surface area contributed by atoms with Crippen molar-refractivity contribution < 1.29 is 18.1 Å². The molecule has 0 saturated carbocycles. The van der Waals surface area contributed by atoms with Crippen LogP contribution >= 0.6 is 11.6 Å². The highest BCUT2D eigenvalue weighted by atomic mass is 35.5. The molecule has 0 saturated heterocycles. The van der Waals surface area contributed by atoms with E-state index in [0.29, 0.717) is 12.1 Å². The normalized spacial score (nSPS) is 10.5. The number of hydrogen-bond acceptors (Lipinski definition) is 3. The summed E-state index contributed by atoms with van der Waals surface area (Å²) in [6, 6.07) is 5.03. The van der Waals surface area contributed by atoms with Crippen molar-refractivity contribution >= 4 is 23.0 Å². The third kappa shape index (κ3) is 3.43. The molecule has 0 aliphatic heterocycles. The highest BCUT2D eigenvalue weighted by Gasteiger charge is 2.15. The maximum atomic E-state index is 13.4. The number of rotatable bonds is 4. The molecule has 0 atom stereocenters. The molecule has 0 aliphatic carbocycles. The topological polar surface area (TPSA) is 55.2 Å². The molecule has 2 aromatic rings. The summed E-state index contributed by atoms with van der Waals surface area (Å²) in [5.41, 5.74) is -0.315. The summed E-state index contributed by atoms with van der Waals surface area (Å²) in [4.78, 5) is 10.3. The van der Waals surface area contributed by atoms with E-state index < -0.39 is 22.4 Å². The number of anilines is 1. The van der Waals surface area contributed by atoms with Crippen LogP contribution in [0.3, 0.4) is 0 Å². The summed E-state index contributed by atoms with van der Waals surface area (Å²) >= 11 is 5.67. The average molecular weight is 317 g/mol. The Hall–Kier alpha value is -2.28. The molecule has 21 heavy (non-hydrogen) atoms. The number of nitro groups is 1. The Labute approximate surface area is 122 Å². The second-order valence-corrected chi connectivity index (χ2v) is 4.57. The number of nitrogens with one attached hydrogen (secondary N) is 1. The molecule has 0 bridgehead atoms. The smallest absolute Gasteiger partial charge is 0.275 e. The van der Waals surface area contributed by atoms with Crippen molar-refractivity contribution in [3.8, 4) is 0 Å². The van der Waals surface area contributed by atoms with Crippen LogP contribution < -0.4 is 5.32 Å². The minimum absolute atomic E-state index is 0.143. The maximum absolute atomic E-state index is 13.4. The van der Waals surface area contributed by atoms with Crippen molar-refractivity contribution in [2.45, 2.75) is 6.54 Å². The van der Waals surface area contributed by atoms with E-state index in [-0.39, 0.29) is 28.5 Å². The van der Waals surface area contributed by atoms with Crippen molar-refractivity contribution in [1.82, 2.24) is 0 Å². The zero-order valence-electron chi connectivity index (χ0n) is 10.4. The minimum atomic E-state index is -1.31. The van der Waals surface area contributed by atoms with Gasteiger partial charge in [-0.1, -0.05) is 11.6 Å². The second-order valence-electron chi connectivity index (χ2n) is 4.13. The number of benzene rings is 2. The van der Waals surface area contributed by atoms with Gasteiger partial charge in [0, 0.05) is 35.3 Å². The van der Waals surface area contributed by atoms with Crippen LogP contribution in [0.1, 0.15) is 5.56 Å². The molecule has 1 N–H and O–H groups in total. The van der Waals surface area contributed by atoms with Gasteiger partial charge in [-0.15, -0.1) is 0 Å². The predicted molar refractivity (Wildman–Crippen MR) is 71.7 cm³/mol. The molecule has 0 fully saturated rings. The molecule has 0 aromatic heterocycles. The minimum Gasteiger partial charge on any atom is -0.378 e. The zero-order chi connectivity index (χ0) is 15.6. The van der Waals surface area contributed by atoms with Crippen molar-refractivity contribution in [3.05, 3.63) is 68.5 Å². The molecular formula is C13H8ClF3N2O2. The van der Waals surface area contributed by atoms with E-state index in [1.54, 1.807) is 0 Å². The van der Waals surface area contributed by atoms with Gasteiger partial charge >= 0.3 is 0 Å². The van der Waals surface area contributed by atoms with Crippen molar-refractivity contribution in [1.29, 1.82) is 0 Å². The molecule has 0 aliphatic rings. The SMILES string of the molecule is O=[N+]([O-])c1cc(Cl)ccc1CNc1cc(F)c(F)cc1F. The van der Waals surface area contributed by atoms with Gasteiger partial charge in [-0.25, -0.2) is 13.2 Å². The lowest BCUT2D eigenvalue weighted by Gasteiger charge is -2.09. The van der Waals surface area contributed by atoms with Crippen LogP contribution in [0.5, 0.6) is 0 Å². The summed E-state index contributed by atoms with van der Waals surface area (Å²) in [5, 5.41) is 13.6. The summed E-state index contributed by atoms with van der Waals surface area (Å²) in [6.07, 6.45) is 0. The number of nitrogens with zero attached hydrogens (tertiary/aromatic N) is 1. The van der Waals surface area contributed by atoms with Crippen LogP contribution in [0.4, 0.5) is 24.5 Å². The molecule has 0 amide bonds. The van der Waals surface area contributed by atoms with Crippen LogP contribution in [0.15, 0.2) is 30.3 Å². The van der Waals surface area contributed by atoms with E-state index in [0.717, 1.165) is 6.07 Å². The highest BCUT2D eigenvalue weighted by molar-refractivity contribution is 6.30. The second kappa shape index (κ2) is 6.01. The monoisotopic (exact) mass is 316 g/mol. The molecule has 110 valence electrons. The van der Waals surface area contributed by atoms with Crippen LogP contribution in [0.25, 0.3) is 0 Å². The molecule has 0 unspecified atom stereocenters. The van der Waals surface area contributed by atoms with Gasteiger partial charge in [-0.05, 0) is 12.1 Å². The molecular weight excluding hydrogens is 309 g/mol. The van der Waals surface area contributed by atoms with E-state index >= 15 is 0 Å². The van der Waals surface area contributed by atoms with Crippen molar-refractivity contribution in [3.63, 3.8) is 0 Å². The van der Waals surface area contributed by atoms with Crippen LogP contribution in [-0.4, -0.2) is 4.92 Å². The first kappa shape index (κ1) is 15.1. The van der Waals surface area contributed by atoms with E-state index in [1.165, 1.54) is 12.1 Å². The third-order valence-electron chi connectivity index (χ3n) is 2.72.